The van der Waals surface area contributed by atoms with E-state index in [0.29, 0.717) is 0 Å². The molecule has 26 heavy (non-hydrogen) atoms. The highest BCUT2D eigenvalue weighted by Gasteiger charge is 2.34. The van der Waals surface area contributed by atoms with Gasteiger partial charge in [0.25, 0.3) is 0 Å². The fraction of sp³-hybridized carbons (Fsp3) is 0.524. The zero-order valence-electron chi connectivity index (χ0n) is 15.6. The fourth-order valence-electron chi connectivity index (χ4n) is 4.22. The van der Waals surface area contributed by atoms with Crippen molar-refractivity contribution in [2.24, 2.45) is 0 Å². The smallest absolute Gasteiger partial charge is 0.225 e. The summed E-state index contributed by atoms with van der Waals surface area (Å²) in [5.41, 5.74) is 2.63. The summed E-state index contributed by atoms with van der Waals surface area (Å²) in [5.74, 6) is 0.869. The minimum Gasteiger partial charge on any atom is -0.385 e. The second-order valence-electron chi connectivity index (χ2n) is 7.66. The predicted octanol–water partition coefficient (Wildman–Crippen LogP) is 2.87. The van der Waals surface area contributed by atoms with Crippen molar-refractivity contribution in [3.05, 3.63) is 53.3 Å². The van der Waals surface area contributed by atoms with E-state index in [0.717, 1.165) is 62.8 Å². The van der Waals surface area contributed by atoms with Crippen LogP contribution >= 0.6 is 0 Å². The van der Waals surface area contributed by atoms with Gasteiger partial charge in [0, 0.05) is 38.9 Å². The molecule has 2 aliphatic rings. The molecular formula is C21H28N4O. The zero-order valence-corrected chi connectivity index (χ0v) is 15.6. The van der Waals surface area contributed by atoms with Crippen molar-refractivity contribution in [3.8, 4) is 0 Å². The monoisotopic (exact) mass is 352 g/mol. The molecule has 2 saturated heterocycles. The Morgan fingerprint density at radius 1 is 1.04 bits per heavy atom. The van der Waals surface area contributed by atoms with E-state index in [1.807, 2.05) is 24.4 Å². The minimum atomic E-state index is -0.700. The lowest BCUT2D eigenvalue weighted by atomic mass is 9.82. The lowest BCUT2D eigenvalue weighted by Crippen LogP contribution is -2.42. The quantitative estimate of drug-likeness (QED) is 0.917. The van der Waals surface area contributed by atoms with Gasteiger partial charge in [0.15, 0.2) is 0 Å². The van der Waals surface area contributed by atoms with Crippen LogP contribution < -0.4 is 4.90 Å². The van der Waals surface area contributed by atoms with Gasteiger partial charge in [0.1, 0.15) is 0 Å². The lowest BCUT2D eigenvalue weighted by molar-refractivity contribution is -0.0284. The Morgan fingerprint density at radius 3 is 2.50 bits per heavy atom. The van der Waals surface area contributed by atoms with Gasteiger partial charge in [-0.15, -0.1) is 0 Å². The van der Waals surface area contributed by atoms with Gasteiger partial charge >= 0.3 is 0 Å². The summed E-state index contributed by atoms with van der Waals surface area (Å²) in [6, 6.07) is 10.2. The largest absolute Gasteiger partial charge is 0.385 e. The van der Waals surface area contributed by atoms with Crippen molar-refractivity contribution >= 4 is 5.95 Å². The topological polar surface area (TPSA) is 52.5 Å². The van der Waals surface area contributed by atoms with E-state index >= 15 is 0 Å². The van der Waals surface area contributed by atoms with Crippen molar-refractivity contribution in [1.82, 2.24) is 14.9 Å². The van der Waals surface area contributed by atoms with E-state index in [2.05, 4.69) is 33.8 Å². The highest BCUT2D eigenvalue weighted by atomic mass is 16.3. The van der Waals surface area contributed by atoms with Gasteiger partial charge < -0.3 is 10.0 Å². The van der Waals surface area contributed by atoms with E-state index in [1.165, 1.54) is 18.4 Å². The number of benzene rings is 1. The lowest BCUT2D eigenvalue weighted by Gasteiger charge is -2.39. The van der Waals surface area contributed by atoms with Gasteiger partial charge in [-0.25, -0.2) is 9.97 Å². The normalized spacial score (nSPS) is 20.5. The predicted molar refractivity (Wildman–Crippen MR) is 103 cm³/mol. The Balaban J connectivity index is 1.40. The Kier molecular flexibility index (Phi) is 4.92. The van der Waals surface area contributed by atoms with Gasteiger partial charge in [-0.2, -0.15) is 0 Å². The molecule has 2 aliphatic heterocycles. The average molecular weight is 352 g/mol. The van der Waals surface area contributed by atoms with Crippen molar-refractivity contribution in [2.75, 3.05) is 31.1 Å². The third-order valence-electron chi connectivity index (χ3n) is 5.80. The Labute approximate surface area is 155 Å². The van der Waals surface area contributed by atoms with Crippen molar-refractivity contribution < 1.29 is 5.11 Å². The zero-order chi connectivity index (χ0) is 18.0. The highest BCUT2D eigenvalue weighted by Crippen LogP contribution is 2.34. The van der Waals surface area contributed by atoms with Crippen LogP contribution in [0.3, 0.4) is 0 Å². The number of aryl methyl sites for hydroxylation is 1. The first-order chi connectivity index (χ1) is 12.6. The molecule has 5 nitrogen and oxygen atoms in total. The van der Waals surface area contributed by atoms with Gasteiger partial charge in [0.05, 0.1) is 11.3 Å². The van der Waals surface area contributed by atoms with Crippen LogP contribution in [0.4, 0.5) is 5.95 Å². The maximum absolute atomic E-state index is 11.1. The molecule has 0 unspecified atom stereocenters. The van der Waals surface area contributed by atoms with Crippen LogP contribution in [0.15, 0.2) is 36.5 Å². The molecule has 0 bridgehead atoms. The number of nitrogens with zero attached hydrogens (tertiary/aromatic N) is 4. The van der Waals surface area contributed by atoms with E-state index < -0.39 is 5.60 Å². The van der Waals surface area contributed by atoms with E-state index in [1.54, 1.807) is 0 Å². The maximum Gasteiger partial charge on any atom is 0.225 e. The standard InChI is InChI=1S/C21H28N4O/c1-17-6-2-3-7-19(17)21(26)9-14-24(15-10-21)16-18-8-11-22-20(23-18)25-12-4-5-13-25/h2-3,6-8,11,26H,4-5,9-10,12-16H2,1H3. The first kappa shape index (κ1) is 17.4. The van der Waals surface area contributed by atoms with E-state index in [-0.39, 0.29) is 0 Å². The second kappa shape index (κ2) is 7.33. The molecule has 1 N–H and O–H groups in total. The van der Waals surface area contributed by atoms with Crippen molar-refractivity contribution in [2.45, 2.75) is 44.8 Å². The molecule has 0 atom stereocenters. The van der Waals surface area contributed by atoms with Gasteiger partial charge in [-0.05, 0) is 49.8 Å². The van der Waals surface area contributed by atoms with E-state index in [4.69, 9.17) is 4.98 Å². The van der Waals surface area contributed by atoms with Gasteiger partial charge in [0.2, 0.25) is 5.95 Å². The molecule has 0 amide bonds. The molecule has 5 heteroatoms. The number of hydrogen-bond acceptors (Lipinski definition) is 5. The molecule has 1 aromatic carbocycles. The number of aromatic nitrogens is 2. The summed E-state index contributed by atoms with van der Waals surface area (Å²) in [7, 11) is 0. The van der Waals surface area contributed by atoms with Crippen LogP contribution in [0.1, 0.15) is 42.5 Å². The van der Waals surface area contributed by atoms with E-state index in [9.17, 15) is 5.11 Å². The molecule has 0 saturated carbocycles. The molecule has 2 fully saturated rings. The Bertz CT molecular complexity index is 749. The number of aliphatic hydroxyl groups is 1. The van der Waals surface area contributed by atoms with Gasteiger partial charge in [-0.3, -0.25) is 4.90 Å². The van der Waals surface area contributed by atoms with Crippen LogP contribution in [0.2, 0.25) is 0 Å². The molecule has 3 heterocycles. The number of piperidine rings is 1. The third-order valence-corrected chi connectivity index (χ3v) is 5.80. The maximum atomic E-state index is 11.1. The first-order valence-electron chi connectivity index (χ1n) is 9.72. The molecule has 4 rings (SSSR count). The summed E-state index contributed by atoms with van der Waals surface area (Å²) in [6.07, 6.45) is 5.88. The SMILES string of the molecule is Cc1ccccc1C1(O)CCN(Cc2ccnc(N3CCCC3)n2)CC1. The molecule has 2 aromatic rings. The summed E-state index contributed by atoms with van der Waals surface area (Å²) in [6.45, 7) is 6.81. The number of hydrogen-bond donors (Lipinski definition) is 1. The van der Waals surface area contributed by atoms with Crippen molar-refractivity contribution in [1.29, 1.82) is 0 Å². The molecule has 0 radical (unpaired) electrons. The number of likely N-dealkylation sites (tertiary alicyclic amines) is 1. The third kappa shape index (κ3) is 3.60. The molecule has 0 aliphatic carbocycles. The molecular weight excluding hydrogens is 324 g/mol. The first-order valence-corrected chi connectivity index (χ1v) is 9.72. The molecule has 138 valence electrons. The Morgan fingerprint density at radius 2 is 1.77 bits per heavy atom. The van der Waals surface area contributed by atoms with Crippen LogP contribution in [-0.4, -0.2) is 46.2 Å². The summed E-state index contributed by atoms with van der Waals surface area (Å²) in [5, 5.41) is 11.1. The fourth-order valence-corrected chi connectivity index (χ4v) is 4.22. The average Bonchev–Trinajstić information content (AvgIpc) is 3.19. The summed E-state index contributed by atoms with van der Waals surface area (Å²) < 4.78 is 0. The van der Waals surface area contributed by atoms with Gasteiger partial charge in [-0.1, -0.05) is 24.3 Å². The van der Waals surface area contributed by atoms with Crippen LogP contribution in [0, 0.1) is 6.92 Å². The number of rotatable bonds is 4. The molecule has 0 spiro atoms. The minimum absolute atomic E-state index is 0.700. The summed E-state index contributed by atoms with van der Waals surface area (Å²) in [4.78, 5) is 13.9. The Hall–Kier alpha value is -1.98. The van der Waals surface area contributed by atoms with Crippen molar-refractivity contribution in [3.63, 3.8) is 0 Å². The second-order valence-corrected chi connectivity index (χ2v) is 7.66. The molecule has 1 aromatic heterocycles. The van der Waals surface area contributed by atoms with Crippen LogP contribution in [0.5, 0.6) is 0 Å². The summed E-state index contributed by atoms with van der Waals surface area (Å²) >= 11 is 0. The van der Waals surface area contributed by atoms with Crippen LogP contribution in [-0.2, 0) is 12.1 Å². The van der Waals surface area contributed by atoms with Crippen LogP contribution in [0.25, 0.3) is 0 Å². The number of anilines is 1. The highest BCUT2D eigenvalue weighted by molar-refractivity contribution is 5.32.